The molecule has 0 spiro atoms. The standard InChI is InChI=1S/C18H28N2O4/c1-7-20(12-16(21)19-18(3,4)5)17(22)13-9-10-14(24-8-2)15(11-13)23-6/h9-11H,7-8,12H2,1-6H3,(H,19,21). The topological polar surface area (TPSA) is 67.9 Å². The van der Waals surface area contributed by atoms with Crippen molar-refractivity contribution >= 4 is 11.8 Å². The second kappa shape index (κ2) is 8.57. The number of carbonyl (C=O) groups excluding carboxylic acids is 2. The molecule has 2 amide bonds. The van der Waals surface area contributed by atoms with Crippen LogP contribution >= 0.6 is 0 Å². The molecule has 1 aromatic rings. The van der Waals surface area contributed by atoms with Crippen molar-refractivity contribution in [3.8, 4) is 11.5 Å². The third-order valence-electron chi connectivity index (χ3n) is 3.23. The van der Waals surface area contributed by atoms with Gasteiger partial charge in [0, 0.05) is 17.6 Å². The molecule has 0 aliphatic carbocycles. The Labute approximate surface area is 144 Å². The normalized spacial score (nSPS) is 10.9. The van der Waals surface area contributed by atoms with Crippen LogP contribution in [0.5, 0.6) is 11.5 Å². The lowest BCUT2D eigenvalue weighted by atomic mass is 10.1. The molecule has 0 aliphatic rings. The van der Waals surface area contributed by atoms with Crippen molar-refractivity contribution < 1.29 is 19.1 Å². The van der Waals surface area contributed by atoms with Gasteiger partial charge < -0.3 is 19.7 Å². The molecule has 0 saturated heterocycles. The van der Waals surface area contributed by atoms with Crippen LogP contribution in [0.2, 0.25) is 0 Å². The fourth-order valence-electron chi connectivity index (χ4n) is 2.22. The van der Waals surface area contributed by atoms with Gasteiger partial charge in [0.25, 0.3) is 5.91 Å². The molecule has 0 unspecified atom stereocenters. The number of methoxy groups -OCH3 is 1. The average molecular weight is 336 g/mol. The van der Waals surface area contributed by atoms with Crippen LogP contribution in [0.25, 0.3) is 0 Å². The van der Waals surface area contributed by atoms with E-state index in [-0.39, 0.29) is 23.9 Å². The highest BCUT2D eigenvalue weighted by molar-refractivity contribution is 5.97. The van der Waals surface area contributed by atoms with Crippen LogP contribution in [0.1, 0.15) is 45.0 Å². The van der Waals surface area contributed by atoms with Crippen LogP contribution in [-0.4, -0.2) is 49.1 Å². The second-order valence-corrected chi connectivity index (χ2v) is 6.42. The van der Waals surface area contributed by atoms with E-state index >= 15 is 0 Å². The van der Waals surface area contributed by atoms with Gasteiger partial charge in [0.1, 0.15) is 0 Å². The quantitative estimate of drug-likeness (QED) is 0.830. The molecule has 0 saturated carbocycles. The van der Waals surface area contributed by atoms with Gasteiger partial charge in [-0.1, -0.05) is 0 Å². The minimum Gasteiger partial charge on any atom is -0.493 e. The summed E-state index contributed by atoms with van der Waals surface area (Å²) in [4.78, 5) is 26.2. The summed E-state index contributed by atoms with van der Waals surface area (Å²) in [6.07, 6.45) is 0. The molecular weight excluding hydrogens is 308 g/mol. The molecule has 0 fully saturated rings. The fraction of sp³-hybridized carbons (Fsp3) is 0.556. The largest absolute Gasteiger partial charge is 0.493 e. The van der Waals surface area contributed by atoms with Crippen LogP contribution in [0.3, 0.4) is 0 Å². The van der Waals surface area contributed by atoms with Gasteiger partial charge in [-0.2, -0.15) is 0 Å². The zero-order valence-corrected chi connectivity index (χ0v) is 15.4. The Hall–Kier alpha value is -2.24. The van der Waals surface area contributed by atoms with Crippen molar-refractivity contribution in [3.05, 3.63) is 23.8 Å². The van der Waals surface area contributed by atoms with Crippen LogP contribution in [-0.2, 0) is 4.79 Å². The highest BCUT2D eigenvalue weighted by atomic mass is 16.5. The molecule has 1 N–H and O–H groups in total. The first-order valence-electron chi connectivity index (χ1n) is 8.13. The predicted octanol–water partition coefficient (Wildman–Crippen LogP) is 2.47. The molecule has 24 heavy (non-hydrogen) atoms. The molecular formula is C18H28N2O4. The maximum Gasteiger partial charge on any atom is 0.254 e. The smallest absolute Gasteiger partial charge is 0.254 e. The zero-order chi connectivity index (χ0) is 18.3. The SMILES string of the molecule is CCOc1ccc(C(=O)N(CC)CC(=O)NC(C)(C)C)cc1OC. The summed E-state index contributed by atoms with van der Waals surface area (Å²) in [6, 6.07) is 5.02. The molecule has 134 valence electrons. The summed E-state index contributed by atoms with van der Waals surface area (Å²) in [5, 5.41) is 2.86. The van der Waals surface area contributed by atoms with Crippen LogP contribution in [0.15, 0.2) is 18.2 Å². The molecule has 0 aliphatic heterocycles. The number of nitrogens with zero attached hydrogens (tertiary/aromatic N) is 1. The average Bonchev–Trinajstić information content (AvgIpc) is 2.51. The summed E-state index contributed by atoms with van der Waals surface area (Å²) in [5.74, 6) is 0.682. The molecule has 1 aromatic carbocycles. The van der Waals surface area contributed by atoms with E-state index < -0.39 is 0 Å². The van der Waals surface area contributed by atoms with Gasteiger partial charge >= 0.3 is 0 Å². The minimum absolute atomic E-state index is 0.0160. The van der Waals surface area contributed by atoms with Crippen LogP contribution in [0.4, 0.5) is 0 Å². The van der Waals surface area contributed by atoms with Crippen molar-refractivity contribution in [3.63, 3.8) is 0 Å². The van der Waals surface area contributed by atoms with E-state index in [4.69, 9.17) is 9.47 Å². The van der Waals surface area contributed by atoms with Gasteiger partial charge in [-0.3, -0.25) is 9.59 Å². The summed E-state index contributed by atoms with van der Waals surface area (Å²) in [7, 11) is 1.53. The third kappa shape index (κ3) is 5.76. The van der Waals surface area contributed by atoms with E-state index in [9.17, 15) is 9.59 Å². The number of amides is 2. The molecule has 6 nitrogen and oxygen atoms in total. The lowest BCUT2D eigenvalue weighted by Gasteiger charge is -2.25. The third-order valence-corrected chi connectivity index (χ3v) is 3.23. The number of benzene rings is 1. The Morgan fingerprint density at radius 2 is 1.83 bits per heavy atom. The molecule has 0 radical (unpaired) electrons. The van der Waals surface area contributed by atoms with E-state index in [2.05, 4.69) is 5.32 Å². The maximum atomic E-state index is 12.7. The fourth-order valence-corrected chi connectivity index (χ4v) is 2.22. The summed E-state index contributed by atoms with van der Waals surface area (Å²) in [6.45, 7) is 10.4. The van der Waals surface area contributed by atoms with Gasteiger partial charge in [0.2, 0.25) is 5.91 Å². The Balaban J connectivity index is 2.91. The van der Waals surface area contributed by atoms with E-state index in [1.165, 1.54) is 12.0 Å². The van der Waals surface area contributed by atoms with E-state index in [1.807, 2.05) is 34.6 Å². The first kappa shape index (κ1) is 19.8. The summed E-state index contributed by atoms with van der Waals surface area (Å²) >= 11 is 0. The van der Waals surface area contributed by atoms with E-state index in [1.54, 1.807) is 18.2 Å². The number of hydrogen-bond acceptors (Lipinski definition) is 4. The Kier molecular flexibility index (Phi) is 7.07. The molecule has 0 atom stereocenters. The number of ether oxygens (including phenoxy) is 2. The maximum absolute atomic E-state index is 12.7. The van der Waals surface area contributed by atoms with Crippen molar-refractivity contribution in [2.75, 3.05) is 26.8 Å². The molecule has 1 rings (SSSR count). The van der Waals surface area contributed by atoms with Gasteiger partial charge in [-0.05, 0) is 52.8 Å². The Morgan fingerprint density at radius 1 is 1.17 bits per heavy atom. The number of likely N-dealkylation sites (N-methyl/N-ethyl adjacent to an activating group) is 1. The number of carbonyl (C=O) groups is 2. The number of hydrogen-bond donors (Lipinski definition) is 1. The molecule has 0 heterocycles. The first-order chi connectivity index (χ1) is 11.2. The van der Waals surface area contributed by atoms with Gasteiger partial charge in [-0.25, -0.2) is 0 Å². The molecule has 0 bridgehead atoms. The lowest BCUT2D eigenvalue weighted by Crippen LogP contribution is -2.47. The van der Waals surface area contributed by atoms with Crippen molar-refractivity contribution in [1.29, 1.82) is 0 Å². The Morgan fingerprint density at radius 3 is 2.33 bits per heavy atom. The van der Waals surface area contributed by atoms with Crippen LogP contribution < -0.4 is 14.8 Å². The van der Waals surface area contributed by atoms with Crippen molar-refractivity contribution in [2.45, 2.75) is 40.2 Å². The van der Waals surface area contributed by atoms with Gasteiger partial charge in [0.15, 0.2) is 11.5 Å². The van der Waals surface area contributed by atoms with E-state index in [0.717, 1.165) is 0 Å². The van der Waals surface area contributed by atoms with Crippen molar-refractivity contribution in [1.82, 2.24) is 10.2 Å². The second-order valence-electron chi connectivity index (χ2n) is 6.42. The van der Waals surface area contributed by atoms with Gasteiger partial charge in [-0.15, -0.1) is 0 Å². The summed E-state index contributed by atoms with van der Waals surface area (Å²) in [5.41, 5.74) is 0.128. The number of nitrogens with one attached hydrogen (secondary N) is 1. The van der Waals surface area contributed by atoms with Crippen LogP contribution in [0, 0.1) is 0 Å². The zero-order valence-electron chi connectivity index (χ0n) is 15.4. The minimum atomic E-state index is -0.331. The highest BCUT2D eigenvalue weighted by Crippen LogP contribution is 2.28. The monoisotopic (exact) mass is 336 g/mol. The van der Waals surface area contributed by atoms with Crippen molar-refractivity contribution in [2.24, 2.45) is 0 Å². The molecule has 6 heteroatoms. The lowest BCUT2D eigenvalue weighted by molar-refractivity contribution is -0.123. The first-order valence-corrected chi connectivity index (χ1v) is 8.13. The van der Waals surface area contributed by atoms with Gasteiger partial charge in [0.05, 0.1) is 20.3 Å². The van der Waals surface area contributed by atoms with E-state index in [0.29, 0.717) is 30.2 Å². The predicted molar refractivity (Wildman–Crippen MR) is 93.6 cm³/mol. The Bertz CT molecular complexity index is 579. The molecule has 0 aromatic heterocycles. The summed E-state index contributed by atoms with van der Waals surface area (Å²) < 4.78 is 10.7. The highest BCUT2D eigenvalue weighted by Gasteiger charge is 2.21. The number of rotatable bonds is 7.